The molecule has 3 rings (SSSR count). The Labute approximate surface area is 170 Å². The van der Waals surface area contributed by atoms with Crippen molar-refractivity contribution in [2.45, 2.75) is 33.8 Å². The smallest absolute Gasteiger partial charge is 0.344 e. The van der Waals surface area contributed by atoms with Gasteiger partial charge in [0.05, 0.1) is 0 Å². The number of nitrogens with one attached hydrogen (secondary N) is 1. The number of amides is 1. The SMILES string of the molecule is Cc1cc(C)c(NC(=O)[C@H](C)OC(=O)COc2ccc3ccccc3c2)c(C)c1. The average Bonchev–Trinajstić information content (AvgIpc) is 2.68. The lowest BCUT2D eigenvalue weighted by Crippen LogP contribution is -2.32. The van der Waals surface area contributed by atoms with Crippen LogP contribution in [0.15, 0.2) is 54.6 Å². The van der Waals surface area contributed by atoms with Crippen molar-refractivity contribution in [3.63, 3.8) is 0 Å². The summed E-state index contributed by atoms with van der Waals surface area (Å²) in [5, 5.41) is 4.96. The summed E-state index contributed by atoms with van der Waals surface area (Å²) in [4.78, 5) is 24.5. The van der Waals surface area contributed by atoms with E-state index in [0.717, 1.165) is 33.2 Å². The average molecular weight is 391 g/mol. The van der Waals surface area contributed by atoms with Crippen LogP contribution in [0.3, 0.4) is 0 Å². The molecular formula is C24H25NO4. The van der Waals surface area contributed by atoms with Crippen LogP contribution in [-0.2, 0) is 14.3 Å². The highest BCUT2D eigenvalue weighted by atomic mass is 16.6. The normalized spacial score (nSPS) is 11.7. The number of rotatable bonds is 6. The van der Waals surface area contributed by atoms with E-state index >= 15 is 0 Å². The van der Waals surface area contributed by atoms with Gasteiger partial charge in [-0.15, -0.1) is 0 Å². The van der Waals surface area contributed by atoms with Crippen LogP contribution in [-0.4, -0.2) is 24.6 Å². The minimum atomic E-state index is -0.928. The van der Waals surface area contributed by atoms with Gasteiger partial charge in [-0.2, -0.15) is 0 Å². The van der Waals surface area contributed by atoms with Crippen LogP contribution in [0, 0.1) is 20.8 Å². The minimum absolute atomic E-state index is 0.265. The van der Waals surface area contributed by atoms with Crippen LogP contribution in [0.1, 0.15) is 23.6 Å². The second-order valence-corrected chi connectivity index (χ2v) is 7.19. The lowest BCUT2D eigenvalue weighted by atomic mass is 10.0. The Balaban J connectivity index is 1.55. The molecule has 0 saturated carbocycles. The summed E-state index contributed by atoms with van der Waals surface area (Å²) in [6.45, 7) is 7.15. The standard InChI is InChI=1S/C24H25NO4/c1-15-11-16(2)23(17(3)12-15)25-24(27)18(4)29-22(26)14-28-21-10-9-19-7-5-6-8-20(19)13-21/h5-13,18H,14H2,1-4H3,(H,25,27)/t18-/m0/s1. The molecule has 1 atom stereocenters. The van der Waals surface area contributed by atoms with Crippen LogP contribution in [0.5, 0.6) is 5.75 Å². The third-order valence-electron chi connectivity index (χ3n) is 4.68. The van der Waals surface area contributed by atoms with Gasteiger partial charge in [-0.3, -0.25) is 4.79 Å². The molecule has 0 aromatic heterocycles. The molecule has 3 aromatic rings. The van der Waals surface area contributed by atoms with Crippen molar-refractivity contribution in [3.8, 4) is 5.75 Å². The molecule has 29 heavy (non-hydrogen) atoms. The van der Waals surface area contributed by atoms with E-state index in [2.05, 4.69) is 5.32 Å². The number of fused-ring (bicyclic) bond motifs is 1. The van der Waals surface area contributed by atoms with Crippen molar-refractivity contribution >= 4 is 28.3 Å². The predicted octanol–water partition coefficient (Wildman–Crippen LogP) is 4.71. The van der Waals surface area contributed by atoms with E-state index in [9.17, 15) is 9.59 Å². The van der Waals surface area contributed by atoms with Gasteiger partial charge in [0.1, 0.15) is 5.75 Å². The van der Waals surface area contributed by atoms with Gasteiger partial charge in [-0.25, -0.2) is 4.79 Å². The summed E-state index contributed by atoms with van der Waals surface area (Å²) < 4.78 is 10.7. The topological polar surface area (TPSA) is 64.6 Å². The van der Waals surface area contributed by atoms with Crippen LogP contribution in [0.2, 0.25) is 0 Å². The van der Waals surface area contributed by atoms with Crippen LogP contribution < -0.4 is 10.1 Å². The van der Waals surface area contributed by atoms with Crippen molar-refractivity contribution in [1.82, 2.24) is 0 Å². The minimum Gasteiger partial charge on any atom is -0.482 e. The van der Waals surface area contributed by atoms with Crippen molar-refractivity contribution < 1.29 is 19.1 Å². The second kappa shape index (κ2) is 8.78. The second-order valence-electron chi connectivity index (χ2n) is 7.19. The number of hydrogen-bond donors (Lipinski definition) is 1. The fraction of sp³-hybridized carbons (Fsp3) is 0.250. The molecule has 0 unspecified atom stereocenters. The Morgan fingerprint density at radius 2 is 1.59 bits per heavy atom. The zero-order valence-electron chi connectivity index (χ0n) is 17.1. The third kappa shape index (κ3) is 5.13. The fourth-order valence-corrected chi connectivity index (χ4v) is 3.29. The van der Waals surface area contributed by atoms with E-state index in [1.54, 1.807) is 13.0 Å². The molecule has 0 bridgehead atoms. The number of anilines is 1. The zero-order valence-corrected chi connectivity index (χ0v) is 17.1. The molecule has 5 heteroatoms. The van der Waals surface area contributed by atoms with Crippen LogP contribution >= 0.6 is 0 Å². The van der Waals surface area contributed by atoms with E-state index in [-0.39, 0.29) is 12.5 Å². The highest BCUT2D eigenvalue weighted by Crippen LogP contribution is 2.23. The van der Waals surface area contributed by atoms with Crippen molar-refractivity contribution in [2.24, 2.45) is 0 Å². The van der Waals surface area contributed by atoms with E-state index in [0.29, 0.717) is 5.75 Å². The first kappa shape index (κ1) is 20.4. The van der Waals surface area contributed by atoms with Gasteiger partial charge >= 0.3 is 5.97 Å². The van der Waals surface area contributed by atoms with Crippen molar-refractivity contribution in [1.29, 1.82) is 0 Å². The molecule has 5 nitrogen and oxygen atoms in total. The van der Waals surface area contributed by atoms with E-state index in [4.69, 9.17) is 9.47 Å². The molecule has 0 aliphatic rings. The maximum absolute atomic E-state index is 12.4. The summed E-state index contributed by atoms with van der Waals surface area (Å²) >= 11 is 0. The molecule has 150 valence electrons. The molecule has 0 aliphatic carbocycles. The molecule has 3 aromatic carbocycles. The number of carbonyl (C=O) groups excluding carboxylic acids is 2. The predicted molar refractivity (Wildman–Crippen MR) is 114 cm³/mol. The highest BCUT2D eigenvalue weighted by Gasteiger charge is 2.19. The summed E-state index contributed by atoms with van der Waals surface area (Å²) in [5.74, 6) is -0.402. The maximum Gasteiger partial charge on any atom is 0.344 e. The van der Waals surface area contributed by atoms with Gasteiger partial charge in [0.2, 0.25) is 0 Å². The number of benzene rings is 3. The van der Waals surface area contributed by atoms with E-state index < -0.39 is 12.1 Å². The first-order valence-electron chi connectivity index (χ1n) is 9.53. The Kier molecular flexibility index (Phi) is 6.17. The Morgan fingerprint density at radius 3 is 2.28 bits per heavy atom. The molecule has 0 spiro atoms. The molecule has 0 aliphatic heterocycles. The Morgan fingerprint density at radius 1 is 0.931 bits per heavy atom. The molecule has 0 heterocycles. The van der Waals surface area contributed by atoms with E-state index in [1.807, 2.05) is 69.3 Å². The summed E-state index contributed by atoms with van der Waals surface area (Å²) in [5.41, 5.74) is 3.81. The first-order chi connectivity index (χ1) is 13.8. The third-order valence-corrected chi connectivity index (χ3v) is 4.68. The Hall–Kier alpha value is -3.34. The van der Waals surface area contributed by atoms with Gasteiger partial charge in [-0.1, -0.05) is 48.0 Å². The number of aryl methyl sites for hydroxylation is 3. The molecule has 0 fully saturated rings. The van der Waals surface area contributed by atoms with Gasteiger partial charge in [0, 0.05) is 5.69 Å². The number of hydrogen-bond acceptors (Lipinski definition) is 4. The number of ether oxygens (including phenoxy) is 2. The highest BCUT2D eigenvalue weighted by molar-refractivity contribution is 5.96. The summed E-state index contributed by atoms with van der Waals surface area (Å²) in [6, 6.07) is 17.5. The lowest BCUT2D eigenvalue weighted by molar-refractivity contribution is -0.155. The number of carbonyl (C=O) groups is 2. The molecule has 0 saturated heterocycles. The van der Waals surface area contributed by atoms with Gasteiger partial charge in [-0.05, 0) is 61.7 Å². The van der Waals surface area contributed by atoms with Gasteiger partial charge in [0.25, 0.3) is 5.91 Å². The van der Waals surface area contributed by atoms with E-state index in [1.165, 1.54) is 0 Å². The quantitative estimate of drug-likeness (QED) is 0.618. The maximum atomic E-state index is 12.4. The Bertz CT molecular complexity index is 1030. The molecular weight excluding hydrogens is 366 g/mol. The number of esters is 1. The molecule has 1 amide bonds. The van der Waals surface area contributed by atoms with Crippen molar-refractivity contribution in [3.05, 3.63) is 71.3 Å². The molecule has 1 N–H and O–H groups in total. The zero-order chi connectivity index (χ0) is 21.0. The van der Waals surface area contributed by atoms with Crippen LogP contribution in [0.4, 0.5) is 5.69 Å². The largest absolute Gasteiger partial charge is 0.482 e. The van der Waals surface area contributed by atoms with Crippen LogP contribution in [0.25, 0.3) is 10.8 Å². The van der Waals surface area contributed by atoms with Gasteiger partial charge < -0.3 is 14.8 Å². The van der Waals surface area contributed by atoms with Crippen molar-refractivity contribution in [2.75, 3.05) is 11.9 Å². The summed E-state index contributed by atoms with van der Waals surface area (Å²) in [7, 11) is 0. The fourth-order valence-electron chi connectivity index (χ4n) is 3.29. The first-order valence-corrected chi connectivity index (χ1v) is 9.53. The lowest BCUT2D eigenvalue weighted by Gasteiger charge is -2.17. The van der Waals surface area contributed by atoms with Gasteiger partial charge in [0.15, 0.2) is 12.7 Å². The molecule has 0 radical (unpaired) electrons. The monoisotopic (exact) mass is 391 g/mol. The summed E-state index contributed by atoms with van der Waals surface area (Å²) in [6.07, 6.45) is -0.928.